The molecule has 5 heteroatoms. The van der Waals surface area contributed by atoms with Gasteiger partial charge in [-0.15, -0.1) is 0 Å². The first-order chi connectivity index (χ1) is 9.33. The van der Waals surface area contributed by atoms with E-state index in [-0.39, 0.29) is 6.09 Å². The van der Waals surface area contributed by atoms with Crippen molar-refractivity contribution in [3.63, 3.8) is 0 Å². The molecule has 1 aromatic heterocycles. The number of ether oxygens (including phenoxy) is 1. The van der Waals surface area contributed by atoms with E-state index < -0.39 is 0 Å². The molecule has 5 nitrogen and oxygen atoms in total. The summed E-state index contributed by atoms with van der Waals surface area (Å²) in [6.45, 7) is 1.04. The van der Waals surface area contributed by atoms with Gasteiger partial charge < -0.3 is 10.1 Å². The molecule has 0 atom stereocenters. The van der Waals surface area contributed by atoms with Crippen molar-refractivity contribution < 1.29 is 9.53 Å². The Labute approximate surface area is 110 Å². The van der Waals surface area contributed by atoms with Crippen LogP contribution in [0.3, 0.4) is 0 Å². The lowest BCUT2D eigenvalue weighted by molar-refractivity contribution is 0.181. The molecule has 1 saturated heterocycles. The van der Waals surface area contributed by atoms with Gasteiger partial charge in [-0.25, -0.2) is 4.79 Å². The Kier molecular flexibility index (Phi) is 3.02. The lowest BCUT2D eigenvalue weighted by Gasteiger charge is -2.14. The van der Waals surface area contributed by atoms with Crippen molar-refractivity contribution >= 4 is 23.2 Å². The lowest BCUT2D eigenvalue weighted by Crippen LogP contribution is -2.23. The van der Waals surface area contributed by atoms with E-state index in [9.17, 15) is 4.79 Å². The van der Waals surface area contributed by atoms with E-state index in [1.165, 1.54) is 0 Å². The highest BCUT2D eigenvalue weighted by Gasteiger charge is 2.23. The molecule has 1 aromatic carbocycles. The molecule has 1 aliphatic rings. The van der Waals surface area contributed by atoms with E-state index in [0.717, 1.165) is 17.1 Å². The molecule has 1 amide bonds. The Bertz CT molecular complexity index is 586. The molecule has 1 N–H and O–H groups in total. The van der Waals surface area contributed by atoms with Crippen molar-refractivity contribution in [1.29, 1.82) is 0 Å². The van der Waals surface area contributed by atoms with Crippen LogP contribution in [0.2, 0.25) is 0 Å². The third-order valence-electron chi connectivity index (χ3n) is 2.87. The number of carbonyl (C=O) groups is 1. The first-order valence-corrected chi connectivity index (χ1v) is 6.04. The van der Waals surface area contributed by atoms with Crippen LogP contribution >= 0.6 is 0 Å². The summed E-state index contributed by atoms with van der Waals surface area (Å²) >= 11 is 0. The zero-order valence-corrected chi connectivity index (χ0v) is 10.2. The van der Waals surface area contributed by atoms with Gasteiger partial charge in [-0.2, -0.15) is 0 Å². The smallest absolute Gasteiger partial charge is 0.414 e. The van der Waals surface area contributed by atoms with Gasteiger partial charge in [0.15, 0.2) is 0 Å². The van der Waals surface area contributed by atoms with Gasteiger partial charge in [0.25, 0.3) is 0 Å². The number of anilines is 3. The summed E-state index contributed by atoms with van der Waals surface area (Å²) in [5.74, 6) is 0. The number of aromatic nitrogens is 1. The monoisotopic (exact) mass is 255 g/mol. The van der Waals surface area contributed by atoms with Crippen LogP contribution in [-0.4, -0.2) is 24.2 Å². The molecule has 0 radical (unpaired) electrons. The van der Waals surface area contributed by atoms with Crippen molar-refractivity contribution in [3.8, 4) is 0 Å². The summed E-state index contributed by atoms with van der Waals surface area (Å²) in [5.41, 5.74) is 2.64. The summed E-state index contributed by atoms with van der Waals surface area (Å²) in [5, 5.41) is 3.24. The van der Waals surface area contributed by atoms with Crippen LogP contribution in [-0.2, 0) is 4.74 Å². The van der Waals surface area contributed by atoms with E-state index in [1.807, 2.05) is 36.4 Å². The fourth-order valence-corrected chi connectivity index (χ4v) is 1.98. The Hall–Kier alpha value is -2.56. The van der Waals surface area contributed by atoms with Crippen molar-refractivity contribution in [2.45, 2.75) is 0 Å². The van der Waals surface area contributed by atoms with Crippen LogP contribution < -0.4 is 10.2 Å². The minimum absolute atomic E-state index is 0.293. The van der Waals surface area contributed by atoms with Crippen LogP contribution in [0.1, 0.15) is 0 Å². The van der Waals surface area contributed by atoms with Crippen LogP contribution in [0, 0.1) is 0 Å². The average molecular weight is 255 g/mol. The Balaban J connectivity index is 1.82. The zero-order valence-electron chi connectivity index (χ0n) is 10.2. The highest BCUT2D eigenvalue weighted by Crippen LogP contribution is 2.24. The molecule has 19 heavy (non-hydrogen) atoms. The number of benzene rings is 1. The summed E-state index contributed by atoms with van der Waals surface area (Å²) in [6.07, 6.45) is 3.18. The van der Waals surface area contributed by atoms with E-state index in [0.29, 0.717) is 13.2 Å². The SMILES string of the molecule is O=C1OCCN1c1cccc(Nc2cccnc2)c1. The van der Waals surface area contributed by atoms with E-state index in [4.69, 9.17) is 4.74 Å². The second-order valence-electron chi connectivity index (χ2n) is 4.18. The minimum atomic E-state index is -0.293. The van der Waals surface area contributed by atoms with E-state index >= 15 is 0 Å². The van der Waals surface area contributed by atoms with Crippen LogP contribution in [0.15, 0.2) is 48.8 Å². The van der Waals surface area contributed by atoms with Gasteiger partial charge in [0.2, 0.25) is 0 Å². The Morgan fingerprint density at radius 3 is 2.84 bits per heavy atom. The van der Waals surface area contributed by atoms with Gasteiger partial charge in [0.05, 0.1) is 18.4 Å². The molecule has 0 saturated carbocycles. The topological polar surface area (TPSA) is 54.5 Å². The minimum Gasteiger partial charge on any atom is -0.447 e. The highest BCUT2D eigenvalue weighted by atomic mass is 16.6. The standard InChI is InChI=1S/C14H13N3O2/c18-14-17(7-8-19-14)13-5-1-3-11(9-13)16-12-4-2-6-15-10-12/h1-6,9-10,16H,7-8H2. The lowest BCUT2D eigenvalue weighted by atomic mass is 10.2. The van der Waals surface area contributed by atoms with Gasteiger partial charge >= 0.3 is 6.09 Å². The Morgan fingerprint density at radius 2 is 2.11 bits per heavy atom. The van der Waals surface area contributed by atoms with Gasteiger partial charge in [0, 0.05) is 17.6 Å². The molecule has 3 rings (SSSR count). The second-order valence-corrected chi connectivity index (χ2v) is 4.18. The molecule has 0 aliphatic carbocycles. The number of nitrogens with zero attached hydrogens (tertiary/aromatic N) is 2. The molecule has 2 heterocycles. The summed E-state index contributed by atoms with van der Waals surface area (Å²) in [4.78, 5) is 17.2. The van der Waals surface area contributed by atoms with Crippen LogP contribution in [0.4, 0.5) is 21.9 Å². The number of pyridine rings is 1. The molecule has 0 bridgehead atoms. The zero-order chi connectivity index (χ0) is 13.1. The molecule has 96 valence electrons. The molecule has 0 spiro atoms. The number of nitrogens with one attached hydrogen (secondary N) is 1. The fourth-order valence-electron chi connectivity index (χ4n) is 1.98. The van der Waals surface area contributed by atoms with Gasteiger partial charge in [-0.3, -0.25) is 9.88 Å². The average Bonchev–Trinajstić information content (AvgIpc) is 2.86. The molecular weight excluding hydrogens is 242 g/mol. The summed E-state index contributed by atoms with van der Waals surface area (Å²) < 4.78 is 4.93. The number of hydrogen-bond acceptors (Lipinski definition) is 4. The molecule has 0 unspecified atom stereocenters. The van der Waals surface area contributed by atoms with Gasteiger partial charge in [-0.05, 0) is 30.3 Å². The number of carbonyl (C=O) groups excluding carboxylic acids is 1. The summed E-state index contributed by atoms with van der Waals surface area (Å²) in [6, 6.07) is 11.5. The van der Waals surface area contributed by atoms with Crippen molar-refractivity contribution in [2.75, 3.05) is 23.4 Å². The molecule has 1 fully saturated rings. The van der Waals surface area contributed by atoms with Gasteiger partial charge in [-0.1, -0.05) is 6.07 Å². The van der Waals surface area contributed by atoms with Crippen molar-refractivity contribution in [3.05, 3.63) is 48.8 Å². The molecular formula is C14H13N3O2. The normalized spacial score (nSPS) is 14.3. The third-order valence-corrected chi connectivity index (χ3v) is 2.87. The number of rotatable bonds is 3. The maximum Gasteiger partial charge on any atom is 0.414 e. The van der Waals surface area contributed by atoms with E-state index in [1.54, 1.807) is 17.3 Å². The quantitative estimate of drug-likeness (QED) is 0.916. The molecule has 1 aliphatic heterocycles. The maximum absolute atomic E-state index is 11.5. The predicted octanol–water partition coefficient (Wildman–Crippen LogP) is 2.78. The number of cyclic esters (lactones) is 1. The van der Waals surface area contributed by atoms with Gasteiger partial charge in [0.1, 0.15) is 6.61 Å². The predicted molar refractivity (Wildman–Crippen MR) is 72.7 cm³/mol. The molecule has 2 aromatic rings. The number of hydrogen-bond donors (Lipinski definition) is 1. The second kappa shape index (κ2) is 4.97. The number of amides is 1. The third kappa shape index (κ3) is 2.49. The maximum atomic E-state index is 11.5. The largest absolute Gasteiger partial charge is 0.447 e. The Morgan fingerprint density at radius 1 is 1.21 bits per heavy atom. The van der Waals surface area contributed by atoms with Crippen molar-refractivity contribution in [2.24, 2.45) is 0 Å². The fraction of sp³-hybridized carbons (Fsp3) is 0.143. The highest BCUT2D eigenvalue weighted by molar-refractivity contribution is 5.90. The first kappa shape index (κ1) is 11.5. The van der Waals surface area contributed by atoms with E-state index in [2.05, 4.69) is 10.3 Å². The van der Waals surface area contributed by atoms with Crippen LogP contribution in [0.25, 0.3) is 0 Å². The summed E-state index contributed by atoms with van der Waals surface area (Å²) in [7, 11) is 0. The first-order valence-electron chi connectivity index (χ1n) is 6.04. The van der Waals surface area contributed by atoms with Crippen LogP contribution in [0.5, 0.6) is 0 Å². The van der Waals surface area contributed by atoms with Crippen molar-refractivity contribution in [1.82, 2.24) is 4.98 Å².